The number of hydrogen-bond donors (Lipinski definition) is 1. The van der Waals surface area contributed by atoms with E-state index >= 15 is 0 Å². The molecule has 2 aliphatic rings. The van der Waals surface area contributed by atoms with Gasteiger partial charge in [-0.3, -0.25) is 4.90 Å². The van der Waals surface area contributed by atoms with Gasteiger partial charge in [0, 0.05) is 12.6 Å². The fourth-order valence-electron chi connectivity index (χ4n) is 2.96. The van der Waals surface area contributed by atoms with E-state index in [2.05, 4.69) is 18.7 Å². The third-order valence-corrected chi connectivity index (χ3v) is 4.33. The highest BCUT2D eigenvalue weighted by atomic mass is 16.5. The lowest BCUT2D eigenvalue weighted by Gasteiger charge is -2.39. The first-order valence-corrected chi connectivity index (χ1v) is 6.70. The molecule has 4 unspecified atom stereocenters. The Morgan fingerprint density at radius 2 is 2.12 bits per heavy atom. The van der Waals surface area contributed by atoms with Crippen LogP contribution in [-0.4, -0.2) is 47.3 Å². The summed E-state index contributed by atoms with van der Waals surface area (Å²) in [5, 5.41) is 8.89. The van der Waals surface area contributed by atoms with Crippen LogP contribution in [0.1, 0.15) is 39.5 Å². The molecule has 4 atom stereocenters. The van der Waals surface area contributed by atoms with E-state index in [1.165, 1.54) is 12.8 Å². The number of ether oxygens (including phenoxy) is 1. The first-order chi connectivity index (χ1) is 8.08. The minimum Gasteiger partial charge on any atom is -0.479 e. The maximum atomic E-state index is 10.8. The highest BCUT2D eigenvalue weighted by Crippen LogP contribution is 2.26. The van der Waals surface area contributed by atoms with Crippen LogP contribution in [0.25, 0.3) is 0 Å². The Balaban J connectivity index is 1.83. The normalized spacial score (nSPS) is 39.4. The molecule has 2 rings (SSSR count). The molecule has 2 heterocycles. The van der Waals surface area contributed by atoms with Gasteiger partial charge in [0.2, 0.25) is 0 Å². The maximum Gasteiger partial charge on any atom is 0.332 e. The molecule has 4 heteroatoms. The van der Waals surface area contributed by atoms with Gasteiger partial charge in [-0.15, -0.1) is 0 Å². The molecular weight excluding hydrogens is 218 g/mol. The van der Waals surface area contributed by atoms with Crippen molar-refractivity contribution in [3.63, 3.8) is 0 Å². The molecule has 2 saturated heterocycles. The summed E-state index contributed by atoms with van der Waals surface area (Å²) in [5.74, 6) is -0.0759. The molecule has 17 heavy (non-hydrogen) atoms. The van der Waals surface area contributed by atoms with Crippen molar-refractivity contribution in [2.24, 2.45) is 5.92 Å². The van der Waals surface area contributed by atoms with E-state index in [4.69, 9.17) is 9.84 Å². The van der Waals surface area contributed by atoms with Gasteiger partial charge < -0.3 is 9.84 Å². The Morgan fingerprint density at radius 1 is 1.35 bits per heavy atom. The second-order valence-corrected chi connectivity index (χ2v) is 5.52. The molecule has 0 aromatic rings. The van der Waals surface area contributed by atoms with Gasteiger partial charge in [0.25, 0.3) is 0 Å². The van der Waals surface area contributed by atoms with E-state index in [0.29, 0.717) is 12.5 Å². The van der Waals surface area contributed by atoms with Gasteiger partial charge >= 0.3 is 5.97 Å². The van der Waals surface area contributed by atoms with Crippen molar-refractivity contribution in [2.75, 3.05) is 13.1 Å². The van der Waals surface area contributed by atoms with Crippen LogP contribution in [0.15, 0.2) is 0 Å². The summed E-state index contributed by atoms with van der Waals surface area (Å²) in [6.45, 7) is 6.60. The number of rotatable bonds is 3. The highest BCUT2D eigenvalue weighted by molar-refractivity contribution is 5.72. The third-order valence-electron chi connectivity index (χ3n) is 4.33. The van der Waals surface area contributed by atoms with Crippen molar-refractivity contribution in [3.8, 4) is 0 Å². The lowest BCUT2D eigenvalue weighted by molar-refractivity contribution is -0.150. The molecule has 2 fully saturated rings. The van der Waals surface area contributed by atoms with Crippen LogP contribution in [0, 0.1) is 5.92 Å². The minimum atomic E-state index is -0.812. The van der Waals surface area contributed by atoms with Gasteiger partial charge in [0.1, 0.15) is 0 Å². The van der Waals surface area contributed by atoms with Crippen molar-refractivity contribution >= 4 is 5.97 Å². The predicted molar refractivity (Wildman–Crippen MR) is 65.0 cm³/mol. The molecule has 0 bridgehead atoms. The monoisotopic (exact) mass is 241 g/mol. The smallest absolute Gasteiger partial charge is 0.332 e. The Labute approximate surface area is 103 Å². The largest absolute Gasteiger partial charge is 0.479 e. The molecular formula is C13H23NO3. The summed E-state index contributed by atoms with van der Waals surface area (Å²) in [7, 11) is 0. The third kappa shape index (κ3) is 2.99. The number of piperidine rings is 1. The molecule has 4 nitrogen and oxygen atoms in total. The first kappa shape index (κ1) is 12.8. The summed E-state index contributed by atoms with van der Waals surface area (Å²) in [5.41, 5.74) is 0. The quantitative estimate of drug-likeness (QED) is 0.817. The number of aliphatic carboxylic acids is 1. The number of carbonyl (C=O) groups is 1. The van der Waals surface area contributed by atoms with Gasteiger partial charge in [-0.2, -0.15) is 0 Å². The van der Waals surface area contributed by atoms with Crippen LogP contribution >= 0.6 is 0 Å². The van der Waals surface area contributed by atoms with Gasteiger partial charge in [0.05, 0.1) is 6.10 Å². The molecule has 0 radical (unpaired) electrons. The van der Waals surface area contributed by atoms with E-state index in [1.54, 1.807) is 0 Å². The van der Waals surface area contributed by atoms with Crippen LogP contribution in [0.5, 0.6) is 0 Å². The van der Waals surface area contributed by atoms with Crippen molar-refractivity contribution < 1.29 is 14.6 Å². The Morgan fingerprint density at radius 3 is 2.76 bits per heavy atom. The Bertz CT molecular complexity index is 282. The van der Waals surface area contributed by atoms with Crippen molar-refractivity contribution in [1.82, 2.24) is 4.90 Å². The van der Waals surface area contributed by atoms with Crippen molar-refractivity contribution in [3.05, 3.63) is 0 Å². The maximum absolute atomic E-state index is 10.8. The van der Waals surface area contributed by atoms with Crippen LogP contribution in [0.4, 0.5) is 0 Å². The first-order valence-electron chi connectivity index (χ1n) is 6.70. The van der Waals surface area contributed by atoms with Crippen LogP contribution in [-0.2, 0) is 9.53 Å². The second-order valence-electron chi connectivity index (χ2n) is 5.52. The van der Waals surface area contributed by atoms with Gasteiger partial charge in [-0.25, -0.2) is 4.79 Å². The molecule has 1 N–H and O–H groups in total. The standard InChI is InChI=1S/C13H23NO3/c1-9-4-3-7-14(10(9)2)8-11-5-6-12(17-11)13(15)16/h9-12H,3-8H2,1-2H3,(H,15,16). The molecule has 0 saturated carbocycles. The molecule has 0 aromatic carbocycles. The lowest BCUT2D eigenvalue weighted by atomic mass is 9.92. The van der Waals surface area contributed by atoms with E-state index in [1.807, 2.05) is 0 Å². The fraction of sp³-hybridized carbons (Fsp3) is 0.923. The zero-order valence-electron chi connectivity index (χ0n) is 10.8. The van der Waals surface area contributed by atoms with Gasteiger partial charge in [-0.05, 0) is 45.1 Å². The molecule has 98 valence electrons. The van der Waals surface area contributed by atoms with Crippen LogP contribution < -0.4 is 0 Å². The van der Waals surface area contributed by atoms with Gasteiger partial charge in [0.15, 0.2) is 6.10 Å². The van der Waals surface area contributed by atoms with Crippen LogP contribution in [0.2, 0.25) is 0 Å². The summed E-state index contributed by atoms with van der Waals surface area (Å²) < 4.78 is 5.57. The van der Waals surface area contributed by atoms with E-state index in [-0.39, 0.29) is 6.10 Å². The second kappa shape index (κ2) is 5.36. The summed E-state index contributed by atoms with van der Waals surface area (Å²) >= 11 is 0. The Kier molecular flexibility index (Phi) is 4.05. The summed E-state index contributed by atoms with van der Waals surface area (Å²) in [4.78, 5) is 13.3. The van der Waals surface area contributed by atoms with E-state index in [9.17, 15) is 4.79 Å². The summed E-state index contributed by atoms with van der Waals surface area (Å²) in [6, 6.07) is 0.594. The zero-order valence-corrected chi connectivity index (χ0v) is 10.8. The number of carboxylic acid groups (broad SMARTS) is 1. The average Bonchev–Trinajstić information content (AvgIpc) is 2.73. The molecule has 0 aliphatic carbocycles. The number of likely N-dealkylation sites (tertiary alicyclic amines) is 1. The minimum absolute atomic E-state index is 0.115. The topological polar surface area (TPSA) is 49.8 Å². The Hall–Kier alpha value is -0.610. The number of nitrogens with zero attached hydrogens (tertiary/aromatic N) is 1. The molecule has 2 aliphatic heterocycles. The van der Waals surface area contributed by atoms with Crippen LogP contribution in [0.3, 0.4) is 0 Å². The van der Waals surface area contributed by atoms with Crippen molar-refractivity contribution in [1.29, 1.82) is 0 Å². The molecule has 0 spiro atoms. The molecule has 0 amide bonds. The predicted octanol–water partition coefficient (Wildman–Crippen LogP) is 1.74. The average molecular weight is 241 g/mol. The summed E-state index contributed by atoms with van der Waals surface area (Å²) in [6.07, 6.45) is 3.65. The zero-order chi connectivity index (χ0) is 12.4. The lowest BCUT2D eigenvalue weighted by Crippen LogP contribution is -2.46. The van der Waals surface area contributed by atoms with Gasteiger partial charge in [-0.1, -0.05) is 6.92 Å². The van der Waals surface area contributed by atoms with E-state index in [0.717, 1.165) is 25.4 Å². The van der Waals surface area contributed by atoms with E-state index < -0.39 is 12.1 Å². The SMILES string of the molecule is CC1CCCN(CC2CCC(C(=O)O)O2)C1C. The highest BCUT2D eigenvalue weighted by Gasteiger charge is 2.33. The molecule has 0 aromatic heterocycles. The fourth-order valence-corrected chi connectivity index (χ4v) is 2.96. The van der Waals surface area contributed by atoms with Crippen molar-refractivity contribution in [2.45, 2.75) is 57.8 Å². The number of hydrogen-bond acceptors (Lipinski definition) is 3. The number of carboxylic acids is 1.